The summed E-state index contributed by atoms with van der Waals surface area (Å²) < 4.78 is 0. The zero-order chi connectivity index (χ0) is 18.5. The van der Waals surface area contributed by atoms with Gasteiger partial charge in [-0.05, 0) is 30.2 Å². The van der Waals surface area contributed by atoms with Crippen LogP contribution in [0.15, 0.2) is 30.3 Å². The fraction of sp³-hybridized carbons (Fsp3) is 0.619. The molecule has 26 heavy (non-hydrogen) atoms. The third-order valence-electron chi connectivity index (χ3n) is 5.74. The highest BCUT2D eigenvalue weighted by atomic mass is 16.2. The monoisotopic (exact) mass is 357 g/mol. The van der Waals surface area contributed by atoms with Crippen molar-refractivity contribution in [2.45, 2.75) is 45.1 Å². The summed E-state index contributed by atoms with van der Waals surface area (Å²) in [5, 5.41) is 3.12. The summed E-state index contributed by atoms with van der Waals surface area (Å²) in [6.07, 6.45) is 2.52. The Morgan fingerprint density at radius 1 is 1.23 bits per heavy atom. The molecule has 2 fully saturated rings. The van der Waals surface area contributed by atoms with Gasteiger partial charge in [-0.3, -0.25) is 9.59 Å². The van der Waals surface area contributed by atoms with Gasteiger partial charge in [0.25, 0.3) is 0 Å². The predicted octanol–water partition coefficient (Wildman–Crippen LogP) is 2.24. The SMILES string of the molecule is CC(C)C(CC(=O)N1CCCC(N2CCNCC2=O)C1)c1ccccc1. The number of carbonyl (C=O) groups is 2. The van der Waals surface area contributed by atoms with Crippen LogP contribution >= 0.6 is 0 Å². The summed E-state index contributed by atoms with van der Waals surface area (Å²) >= 11 is 0. The van der Waals surface area contributed by atoms with Gasteiger partial charge >= 0.3 is 0 Å². The first-order chi connectivity index (χ1) is 12.6. The van der Waals surface area contributed by atoms with Crippen molar-refractivity contribution in [1.82, 2.24) is 15.1 Å². The molecule has 5 heteroatoms. The maximum absolute atomic E-state index is 13.0. The van der Waals surface area contributed by atoms with E-state index in [9.17, 15) is 9.59 Å². The number of rotatable bonds is 5. The lowest BCUT2D eigenvalue weighted by Crippen LogP contribution is -2.57. The molecule has 142 valence electrons. The largest absolute Gasteiger partial charge is 0.341 e. The smallest absolute Gasteiger partial charge is 0.236 e. The maximum Gasteiger partial charge on any atom is 0.236 e. The van der Waals surface area contributed by atoms with Crippen molar-refractivity contribution < 1.29 is 9.59 Å². The molecule has 5 nitrogen and oxygen atoms in total. The molecule has 1 N–H and O–H groups in total. The van der Waals surface area contributed by atoms with Gasteiger partial charge in [0.1, 0.15) is 0 Å². The summed E-state index contributed by atoms with van der Waals surface area (Å²) in [5.74, 6) is 1.04. The molecule has 3 rings (SSSR count). The van der Waals surface area contributed by atoms with Gasteiger partial charge in [-0.25, -0.2) is 0 Å². The number of benzene rings is 1. The van der Waals surface area contributed by atoms with E-state index in [-0.39, 0.29) is 23.8 Å². The molecule has 0 saturated carbocycles. The number of nitrogens with zero attached hydrogens (tertiary/aromatic N) is 2. The van der Waals surface area contributed by atoms with Crippen LogP contribution in [-0.4, -0.2) is 60.4 Å². The van der Waals surface area contributed by atoms with Gasteiger partial charge in [0.15, 0.2) is 0 Å². The number of carbonyl (C=O) groups excluding carboxylic acids is 2. The van der Waals surface area contributed by atoms with Crippen LogP contribution in [0.5, 0.6) is 0 Å². The van der Waals surface area contributed by atoms with Gasteiger partial charge in [-0.15, -0.1) is 0 Å². The quantitative estimate of drug-likeness (QED) is 0.879. The zero-order valence-electron chi connectivity index (χ0n) is 16.0. The third kappa shape index (κ3) is 4.44. The second-order valence-electron chi connectivity index (χ2n) is 7.87. The lowest BCUT2D eigenvalue weighted by molar-refractivity contribution is -0.140. The summed E-state index contributed by atoms with van der Waals surface area (Å²) in [4.78, 5) is 29.2. The number of piperazine rings is 1. The molecule has 2 amide bonds. The second kappa shape index (κ2) is 8.67. The Morgan fingerprint density at radius 2 is 2.00 bits per heavy atom. The van der Waals surface area contributed by atoms with Crippen LogP contribution in [0.2, 0.25) is 0 Å². The standard InChI is InChI=1S/C21H31N3O2/c1-16(2)19(17-7-4-3-5-8-17)13-20(25)23-11-6-9-18(15-23)24-12-10-22-14-21(24)26/h3-5,7-8,16,18-19,22H,6,9-15H2,1-2H3. The normalized spacial score (nSPS) is 22.6. The Labute approximate surface area is 156 Å². The number of nitrogens with one attached hydrogen (secondary N) is 1. The number of piperidine rings is 1. The Kier molecular flexibility index (Phi) is 6.30. The average molecular weight is 357 g/mol. The molecule has 2 aliphatic rings. The van der Waals surface area contributed by atoms with E-state index in [2.05, 4.69) is 31.3 Å². The maximum atomic E-state index is 13.0. The van der Waals surface area contributed by atoms with E-state index in [1.54, 1.807) is 0 Å². The first kappa shape index (κ1) is 18.9. The summed E-state index contributed by atoms with van der Waals surface area (Å²) in [5.41, 5.74) is 1.24. The van der Waals surface area contributed by atoms with Crippen LogP contribution in [0.3, 0.4) is 0 Å². The van der Waals surface area contributed by atoms with E-state index in [4.69, 9.17) is 0 Å². The molecule has 0 bridgehead atoms. The minimum Gasteiger partial charge on any atom is -0.341 e. The molecule has 2 aliphatic heterocycles. The Balaban J connectivity index is 1.64. The molecule has 1 aromatic rings. The van der Waals surface area contributed by atoms with Gasteiger partial charge < -0.3 is 15.1 Å². The van der Waals surface area contributed by atoms with Crippen molar-refractivity contribution >= 4 is 11.8 Å². The molecule has 1 aromatic carbocycles. The van der Waals surface area contributed by atoms with Crippen molar-refractivity contribution in [3.63, 3.8) is 0 Å². The van der Waals surface area contributed by atoms with Gasteiger partial charge in [0.05, 0.1) is 6.54 Å². The lowest BCUT2D eigenvalue weighted by Gasteiger charge is -2.41. The van der Waals surface area contributed by atoms with Crippen molar-refractivity contribution in [2.75, 3.05) is 32.7 Å². The second-order valence-corrected chi connectivity index (χ2v) is 7.87. The van der Waals surface area contributed by atoms with E-state index >= 15 is 0 Å². The topological polar surface area (TPSA) is 52.7 Å². The van der Waals surface area contributed by atoms with Gasteiger partial charge in [-0.2, -0.15) is 0 Å². The van der Waals surface area contributed by atoms with Crippen LogP contribution in [0, 0.1) is 5.92 Å². The predicted molar refractivity (Wildman–Crippen MR) is 103 cm³/mol. The fourth-order valence-corrected chi connectivity index (χ4v) is 4.20. The third-order valence-corrected chi connectivity index (χ3v) is 5.74. The molecular formula is C21H31N3O2. The minimum absolute atomic E-state index is 0.167. The molecule has 0 radical (unpaired) electrons. The fourth-order valence-electron chi connectivity index (χ4n) is 4.20. The number of hydrogen-bond acceptors (Lipinski definition) is 3. The lowest BCUT2D eigenvalue weighted by atomic mass is 9.85. The summed E-state index contributed by atoms with van der Waals surface area (Å²) in [6.45, 7) is 7.89. The van der Waals surface area contributed by atoms with Crippen molar-refractivity contribution in [3.05, 3.63) is 35.9 Å². The summed E-state index contributed by atoms with van der Waals surface area (Å²) in [6, 6.07) is 10.5. The van der Waals surface area contributed by atoms with Crippen LogP contribution in [0.4, 0.5) is 0 Å². The first-order valence-corrected chi connectivity index (χ1v) is 9.89. The Morgan fingerprint density at radius 3 is 2.69 bits per heavy atom. The minimum atomic E-state index is 0.167. The van der Waals surface area contributed by atoms with Crippen LogP contribution in [0.1, 0.15) is 44.6 Å². The van der Waals surface area contributed by atoms with E-state index in [0.29, 0.717) is 25.4 Å². The number of hydrogen-bond donors (Lipinski definition) is 1. The van der Waals surface area contributed by atoms with Gasteiger partial charge in [-0.1, -0.05) is 44.2 Å². The molecule has 2 heterocycles. The van der Waals surface area contributed by atoms with Crippen LogP contribution in [0.25, 0.3) is 0 Å². The molecular weight excluding hydrogens is 326 g/mol. The van der Waals surface area contributed by atoms with Crippen molar-refractivity contribution in [2.24, 2.45) is 5.92 Å². The van der Waals surface area contributed by atoms with E-state index in [1.165, 1.54) is 5.56 Å². The number of amides is 2. The van der Waals surface area contributed by atoms with E-state index in [1.807, 2.05) is 28.0 Å². The molecule has 0 aromatic heterocycles. The van der Waals surface area contributed by atoms with E-state index < -0.39 is 0 Å². The first-order valence-electron chi connectivity index (χ1n) is 9.89. The molecule has 0 spiro atoms. The summed E-state index contributed by atoms with van der Waals surface area (Å²) in [7, 11) is 0. The molecule has 2 unspecified atom stereocenters. The Bertz CT molecular complexity index is 617. The van der Waals surface area contributed by atoms with Gasteiger partial charge in [0, 0.05) is 38.6 Å². The highest BCUT2D eigenvalue weighted by molar-refractivity contribution is 5.80. The van der Waals surface area contributed by atoms with Crippen LogP contribution in [-0.2, 0) is 9.59 Å². The molecule has 2 saturated heterocycles. The average Bonchev–Trinajstić information content (AvgIpc) is 2.67. The van der Waals surface area contributed by atoms with E-state index in [0.717, 1.165) is 32.5 Å². The molecule has 0 aliphatic carbocycles. The zero-order valence-corrected chi connectivity index (χ0v) is 16.0. The highest BCUT2D eigenvalue weighted by Crippen LogP contribution is 2.29. The van der Waals surface area contributed by atoms with Crippen molar-refractivity contribution in [1.29, 1.82) is 0 Å². The number of likely N-dealkylation sites (tertiary alicyclic amines) is 1. The van der Waals surface area contributed by atoms with Crippen LogP contribution < -0.4 is 5.32 Å². The molecule has 2 atom stereocenters. The highest BCUT2D eigenvalue weighted by Gasteiger charge is 2.32. The van der Waals surface area contributed by atoms with Crippen molar-refractivity contribution in [3.8, 4) is 0 Å². The Hall–Kier alpha value is -1.88. The van der Waals surface area contributed by atoms with Gasteiger partial charge in [0.2, 0.25) is 11.8 Å².